The van der Waals surface area contributed by atoms with Gasteiger partial charge < -0.3 is 10.1 Å². The minimum atomic E-state index is -0.244. The molecule has 0 unspecified atom stereocenters. The summed E-state index contributed by atoms with van der Waals surface area (Å²) in [4.78, 5) is 25.9. The van der Waals surface area contributed by atoms with E-state index in [1.807, 2.05) is 6.92 Å². The Hall–Kier alpha value is -1.62. The normalized spacial score (nSPS) is 19.6. The number of rotatable bonds is 4. The molecule has 4 nitrogen and oxygen atoms in total. The molecular weight excluding hydrogens is 334 g/mol. The molecule has 2 aliphatic carbocycles. The van der Waals surface area contributed by atoms with E-state index in [0.717, 1.165) is 41.9 Å². The molecule has 5 heteroatoms. The van der Waals surface area contributed by atoms with Crippen molar-refractivity contribution < 1.29 is 14.3 Å². The van der Waals surface area contributed by atoms with Crippen molar-refractivity contribution in [1.29, 1.82) is 0 Å². The molecule has 0 spiro atoms. The molecular formula is C20H27NO3S. The van der Waals surface area contributed by atoms with Gasteiger partial charge in [0.05, 0.1) is 12.2 Å². The lowest BCUT2D eigenvalue weighted by atomic mass is 9.79. The Bertz CT molecular complexity index is 715. The van der Waals surface area contributed by atoms with Gasteiger partial charge in [-0.2, -0.15) is 0 Å². The lowest BCUT2D eigenvalue weighted by Crippen LogP contribution is -2.24. The molecule has 1 aromatic heterocycles. The van der Waals surface area contributed by atoms with Crippen molar-refractivity contribution in [2.24, 2.45) is 5.41 Å². The highest BCUT2D eigenvalue weighted by atomic mass is 32.1. The highest BCUT2D eigenvalue weighted by molar-refractivity contribution is 7.16. The van der Waals surface area contributed by atoms with Gasteiger partial charge in [-0.15, -0.1) is 11.3 Å². The van der Waals surface area contributed by atoms with E-state index in [1.54, 1.807) is 17.4 Å². The topological polar surface area (TPSA) is 55.4 Å². The van der Waals surface area contributed by atoms with Gasteiger partial charge in [-0.25, -0.2) is 4.79 Å². The van der Waals surface area contributed by atoms with E-state index in [-0.39, 0.29) is 17.2 Å². The van der Waals surface area contributed by atoms with Crippen LogP contribution in [-0.2, 0) is 22.4 Å². The first kappa shape index (κ1) is 18.2. The van der Waals surface area contributed by atoms with Crippen LogP contribution in [0.15, 0.2) is 11.8 Å². The van der Waals surface area contributed by atoms with Crippen LogP contribution in [0.1, 0.15) is 73.7 Å². The van der Waals surface area contributed by atoms with Crippen LogP contribution in [0.2, 0.25) is 0 Å². The molecule has 3 rings (SSSR count). The molecule has 2 aliphatic rings. The third-order valence-corrected chi connectivity index (χ3v) is 6.04. The number of anilines is 1. The van der Waals surface area contributed by atoms with Crippen molar-refractivity contribution in [3.8, 4) is 0 Å². The van der Waals surface area contributed by atoms with Gasteiger partial charge in [-0.05, 0) is 50.0 Å². The Morgan fingerprint density at radius 1 is 1.24 bits per heavy atom. The number of nitrogens with one attached hydrogen (secondary N) is 1. The van der Waals surface area contributed by atoms with Crippen LogP contribution in [0.5, 0.6) is 0 Å². The molecule has 25 heavy (non-hydrogen) atoms. The highest BCUT2D eigenvalue weighted by Gasteiger charge is 2.30. The first-order valence-electron chi connectivity index (χ1n) is 9.22. The Kier molecular flexibility index (Phi) is 5.32. The predicted molar refractivity (Wildman–Crippen MR) is 101 cm³/mol. The Morgan fingerprint density at radius 3 is 2.72 bits per heavy atom. The molecule has 0 atom stereocenters. The van der Waals surface area contributed by atoms with E-state index < -0.39 is 0 Å². The van der Waals surface area contributed by atoms with Crippen LogP contribution in [0, 0.1) is 5.41 Å². The van der Waals surface area contributed by atoms with Crippen LogP contribution in [-0.4, -0.2) is 18.4 Å². The number of hydrogen-bond acceptors (Lipinski definition) is 5. The molecule has 0 saturated carbocycles. The van der Waals surface area contributed by atoms with Gasteiger partial charge in [-0.3, -0.25) is 4.79 Å². The van der Waals surface area contributed by atoms with Crippen LogP contribution in [0.4, 0.5) is 5.00 Å². The minimum Gasteiger partial charge on any atom is -0.462 e. The molecule has 136 valence electrons. The maximum atomic E-state index is 12.6. The summed E-state index contributed by atoms with van der Waals surface area (Å²) in [5.41, 5.74) is 2.71. The fourth-order valence-corrected chi connectivity index (χ4v) is 5.13. The van der Waals surface area contributed by atoms with Gasteiger partial charge in [-0.1, -0.05) is 20.3 Å². The van der Waals surface area contributed by atoms with Crippen molar-refractivity contribution in [3.05, 3.63) is 27.8 Å². The first-order valence-corrected chi connectivity index (χ1v) is 10.0. The fourth-order valence-electron chi connectivity index (χ4n) is 3.82. The van der Waals surface area contributed by atoms with Gasteiger partial charge in [0.2, 0.25) is 0 Å². The summed E-state index contributed by atoms with van der Waals surface area (Å²) in [5.74, 6) is -0.0963. The zero-order valence-corrected chi connectivity index (χ0v) is 16.2. The van der Waals surface area contributed by atoms with Crippen molar-refractivity contribution in [3.63, 3.8) is 0 Å². The number of ketones is 1. The van der Waals surface area contributed by atoms with E-state index in [2.05, 4.69) is 19.2 Å². The van der Waals surface area contributed by atoms with Gasteiger partial charge >= 0.3 is 5.97 Å². The van der Waals surface area contributed by atoms with E-state index in [9.17, 15) is 9.59 Å². The van der Waals surface area contributed by atoms with Crippen molar-refractivity contribution in [1.82, 2.24) is 0 Å². The van der Waals surface area contributed by atoms with Crippen molar-refractivity contribution in [2.45, 2.75) is 65.7 Å². The molecule has 0 aromatic carbocycles. The van der Waals surface area contributed by atoms with Gasteiger partial charge in [0, 0.05) is 23.1 Å². The Balaban J connectivity index is 1.95. The second kappa shape index (κ2) is 7.32. The number of fused-ring (bicyclic) bond motifs is 1. The van der Waals surface area contributed by atoms with Gasteiger partial charge in [0.15, 0.2) is 5.78 Å². The van der Waals surface area contributed by atoms with E-state index in [1.165, 1.54) is 17.7 Å². The number of ether oxygens (including phenoxy) is 1. The molecule has 0 aliphatic heterocycles. The highest BCUT2D eigenvalue weighted by Crippen LogP contribution is 2.41. The SMILES string of the molecule is CCOC(=O)c1c(NC2=CC(=O)CC(C)(C)C2)sc2c1CCCCC2. The maximum absolute atomic E-state index is 12.6. The largest absolute Gasteiger partial charge is 0.462 e. The quantitative estimate of drug-likeness (QED) is 0.613. The lowest BCUT2D eigenvalue weighted by molar-refractivity contribution is -0.117. The number of esters is 1. The molecule has 1 aromatic rings. The fraction of sp³-hybridized carbons (Fsp3) is 0.600. The summed E-state index contributed by atoms with van der Waals surface area (Å²) in [6.07, 6.45) is 8.54. The zero-order chi connectivity index (χ0) is 18.0. The molecule has 0 fully saturated rings. The van der Waals surface area contributed by atoms with Crippen molar-refractivity contribution >= 4 is 28.1 Å². The summed E-state index contributed by atoms with van der Waals surface area (Å²) in [6.45, 7) is 6.42. The predicted octanol–water partition coefficient (Wildman–Crippen LogP) is 4.88. The van der Waals surface area contributed by atoms with Gasteiger partial charge in [0.25, 0.3) is 0 Å². The lowest BCUT2D eigenvalue weighted by Gasteiger charge is -2.29. The Labute approximate surface area is 153 Å². The second-order valence-electron chi connectivity index (χ2n) is 7.77. The monoisotopic (exact) mass is 361 g/mol. The molecule has 0 bridgehead atoms. The van der Waals surface area contributed by atoms with E-state index >= 15 is 0 Å². The van der Waals surface area contributed by atoms with Gasteiger partial charge in [0.1, 0.15) is 5.00 Å². The standard InChI is InChI=1S/C20H27NO3S/c1-4-24-19(23)17-15-8-6-5-7-9-16(15)25-18(17)21-13-10-14(22)12-20(2,3)11-13/h10,21H,4-9,11-12H2,1-3H3. The van der Waals surface area contributed by atoms with E-state index in [4.69, 9.17) is 4.74 Å². The number of carbonyl (C=O) groups is 2. The number of hydrogen-bond donors (Lipinski definition) is 1. The smallest absolute Gasteiger partial charge is 0.341 e. The second-order valence-corrected chi connectivity index (χ2v) is 8.87. The summed E-state index contributed by atoms with van der Waals surface area (Å²) in [7, 11) is 0. The number of thiophene rings is 1. The van der Waals surface area contributed by atoms with Crippen LogP contribution < -0.4 is 5.32 Å². The number of carbonyl (C=O) groups excluding carboxylic acids is 2. The molecule has 1 N–H and O–H groups in total. The van der Waals surface area contributed by atoms with Crippen LogP contribution >= 0.6 is 11.3 Å². The number of allylic oxidation sites excluding steroid dienone is 2. The molecule has 0 radical (unpaired) electrons. The number of aryl methyl sites for hydroxylation is 1. The van der Waals surface area contributed by atoms with Crippen LogP contribution in [0.3, 0.4) is 0 Å². The van der Waals surface area contributed by atoms with Crippen LogP contribution in [0.25, 0.3) is 0 Å². The average molecular weight is 362 g/mol. The molecule has 0 amide bonds. The zero-order valence-electron chi connectivity index (χ0n) is 15.4. The molecule has 0 saturated heterocycles. The summed E-state index contributed by atoms with van der Waals surface area (Å²) < 4.78 is 5.33. The Morgan fingerprint density at radius 2 is 2.00 bits per heavy atom. The summed E-state index contributed by atoms with van der Waals surface area (Å²) >= 11 is 1.66. The maximum Gasteiger partial charge on any atom is 0.341 e. The first-order chi connectivity index (χ1) is 11.9. The van der Waals surface area contributed by atoms with E-state index in [0.29, 0.717) is 18.6 Å². The minimum absolute atomic E-state index is 0.0490. The average Bonchev–Trinajstić information content (AvgIpc) is 2.67. The third-order valence-electron chi connectivity index (χ3n) is 4.83. The molecule has 1 heterocycles. The van der Waals surface area contributed by atoms with Crippen molar-refractivity contribution in [2.75, 3.05) is 11.9 Å². The third kappa shape index (κ3) is 4.14. The summed E-state index contributed by atoms with van der Waals surface area (Å²) in [5, 5.41) is 4.26. The summed E-state index contributed by atoms with van der Waals surface area (Å²) in [6, 6.07) is 0.